The van der Waals surface area contributed by atoms with E-state index in [1.807, 2.05) is 60.7 Å². The van der Waals surface area contributed by atoms with Gasteiger partial charge < -0.3 is 19.2 Å². The van der Waals surface area contributed by atoms with E-state index in [1.165, 1.54) is 0 Å². The third-order valence-corrected chi connectivity index (χ3v) is 4.25. The summed E-state index contributed by atoms with van der Waals surface area (Å²) in [6.07, 6.45) is 0.950. The summed E-state index contributed by atoms with van der Waals surface area (Å²) >= 11 is 0. The van der Waals surface area contributed by atoms with Gasteiger partial charge in [-0.2, -0.15) is 0 Å². The Hall–Kier alpha value is -3.21. The van der Waals surface area contributed by atoms with Crippen molar-refractivity contribution < 1.29 is 18.7 Å². The summed E-state index contributed by atoms with van der Waals surface area (Å²) in [5.74, 6) is 3.08. The number of aryl methyl sites for hydroxylation is 1. The minimum Gasteiger partial charge on any atom is -0.461 e. The lowest BCUT2D eigenvalue weighted by Crippen LogP contribution is -2.22. The van der Waals surface area contributed by atoms with Crippen molar-refractivity contribution in [1.82, 2.24) is 5.32 Å². The van der Waals surface area contributed by atoms with Crippen LogP contribution < -0.4 is 14.8 Å². The van der Waals surface area contributed by atoms with Gasteiger partial charge in [-0.05, 0) is 29.8 Å². The van der Waals surface area contributed by atoms with Gasteiger partial charge >= 0.3 is 0 Å². The summed E-state index contributed by atoms with van der Waals surface area (Å²) < 4.78 is 16.4. The number of rotatable bonds is 6. The van der Waals surface area contributed by atoms with Crippen molar-refractivity contribution in [1.29, 1.82) is 0 Å². The first-order chi connectivity index (χ1) is 12.8. The molecule has 0 bridgehead atoms. The van der Waals surface area contributed by atoms with E-state index in [1.54, 1.807) is 0 Å². The van der Waals surface area contributed by atoms with Crippen LogP contribution in [0.3, 0.4) is 0 Å². The molecule has 1 aliphatic heterocycles. The molecular weight excluding hydrogens is 330 g/mol. The first-order valence-electron chi connectivity index (χ1n) is 8.57. The second-order valence-electron chi connectivity index (χ2n) is 6.10. The highest BCUT2D eigenvalue weighted by Gasteiger charge is 2.13. The van der Waals surface area contributed by atoms with E-state index in [-0.39, 0.29) is 12.7 Å². The summed E-state index contributed by atoms with van der Waals surface area (Å²) in [4.78, 5) is 12.1. The molecule has 1 N–H and O–H groups in total. The van der Waals surface area contributed by atoms with Crippen LogP contribution in [0.1, 0.15) is 17.7 Å². The minimum atomic E-state index is -0.0136. The van der Waals surface area contributed by atoms with Crippen molar-refractivity contribution in [2.24, 2.45) is 0 Å². The summed E-state index contributed by atoms with van der Waals surface area (Å²) in [5, 5.41) is 2.92. The highest BCUT2D eigenvalue weighted by molar-refractivity contribution is 5.76. The number of fused-ring (bicyclic) bond motifs is 1. The van der Waals surface area contributed by atoms with Crippen LogP contribution >= 0.6 is 0 Å². The van der Waals surface area contributed by atoms with E-state index in [0.717, 1.165) is 34.1 Å². The fourth-order valence-corrected chi connectivity index (χ4v) is 2.85. The van der Waals surface area contributed by atoms with Crippen molar-refractivity contribution in [3.8, 4) is 22.8 Å². The SMILES string of the molecule is O=C(CCc1ccc(-c2ccccc2)o1)NCc1ccc2c(c1)OCO2. The molecule has 1 aromatic heterocycles. The van der Waals surface area contributed by atoms with E-state index in [9.17, 15) is 4.79 Å². The molecule has 0 saturated carbocycles. The van der Waals surface area contributed by atoms with Crippen molar-refractivity contribution >= 4 is 5.91 Å². The van der Waals surface area contributed by atoms with Gasteiger partial charge in [0.2, 0.25) is 12.7 Å². The van der Waals surface area contributed by atoms with Gasteiger partial charge in [-0.15, -0.1) is 0 Å². The third-order valence-electron chi connectivity index (χ3n) is 4.25. The van der Waals surface area contributed by atoms with Crippen LogP contribution in [0.15, 0.2) is 65.1 Å². The van der Waals surface area contributed by atoms with Gasteiger partial charge in [-0.1, -0.05) is 36.4 Å². The maximum absolute atomic E-state index is 12.1. The molecule has 3 aromatic rings. The molecule has 2 aromatic carbocycles. The molecule has 0 aliphatic carbocycles. The maximum atomic E-state index is 12.1. The molecule has 0 spiro atoms. The van der Waals surface area contributed by atoms with Gasteiger partial charge in [-0.25, -0.2) is 0 Å². The third kappa shape index (κ3) is 3.72. The smallest absolute Gasteiger partial charge is 0.231 e. The Morgan fingerprint density at radius 1 is 0.962 bits per heavy atom. The maximum Gasteiger partial charge on any atom is 0.231 e. The van der Waals surface area contributed by atoms with Crippen molar-refractivity contribution in [2.45, 2.75) is 19.4 Å². The number of hydrogen-bond donors (Lipinski definition) is 1. The van der Waals surface area contributed by atoms with Crippen molar-refractivity contribution in [3.05, 3.63) is 72.0 Å². The number of benzene rings is 2. The first-order valence-corrected chi connectivity index (χ1v) is 8.57. The lowest BCUT2D eigenvalue weighted by Gasteiger charge is -2.06. The Balaban J connectivity index is 1.27. The van der Waals surface area contributed by atoms with E-state index >= 15 is 0 Å². The van der Waals surface area contributed by atoms with E-state index in [2.05, 4.69) is 5.32 Å². The zero-order chi connectivity index (χ0) is 17.8. The van der Waals surface area contributed by atoms with Gasteiger partial charge in [0.1, 0.15) is 11.5 Å². The van der Waals surface area contributed by atoms with Crippen molar-refractivity contribution in [2.75, 3.05) is 6.79 Å². The lowest BCUT2D eigenvalue weighted by atomic mass is 10.2. The number of amides is 1. The molecule has 1 aliphatic rings. The summed E-state index contributed by atoms with van der Waals surface area (Å²) in [7, 11) is 0. The molecular formula is C21H19NO4. The fourth-order valence-electron chi connectivity index (χ4n) is 2.85. The molecule has 26 heavy (non-hydrogen) atoms. The quantitative estimate of drug-likeness (QED) is 0.733. The molecule has 1 amide bonds. The zero-order valence-corrected chi connectivity index (χ0v) is 14.2. The van der Waals surface area contributed by atoms with Crippen LogP contribution in [0.5, 0.6) is 11.5 Å². The molecule has 132 valence electrons. The number of furan rings is 1. The summed E-state index contributed by atoms with van der Waals surface area (Å²) in [6, 6.07) is 19.5. The van der Waals surface area contributed by atoms with E-state index < -0.39 is 0 Å². The van der Waals surface area contributed by atoms with Gasteiger partial charge in [0.15, 0.2) is 11.5 Å². The number of carbonyl (C=O) groups is 1. The molecule has 0 unspecified atom stereocenters. The first kappa shape index (κ1) is 16.3. The van der Waals surface area contributed by atoms with E-state index in [4.69, 9.17) is 13.9 Å². The molecule has 2 heterocycles. The van der Waals surface area contributed by atoms with Crippen molar-refractivity contribution in [3.63, 3.8) is 0 Å². The van der Waals surface area contributed by atoms with Gasteiger partial charge in [0.25, 0.3) is 0 Å². The number of hydrogen-bond acceptors (Lipinski definition) is 4. The second kappa shape index (κ2) is 7.35. The fraction of sp³-hybridized carbons (Fsp3) is 0.190. The molecule has 0 radical (unpaired) electrons. The molecule has 5 nitrogen and oxygen atoms in total. The number of ether oxygens (including phenoxy) is 2. The predicted octanol–water partition coefficient (Wildman–Crippen LogP) is 3.92. The normalized spacial score (nSPS) is 12.2. The lowest BCUT2D eigenvalue weighted by molar-refractivity contribution is -0.121. The Labute approximate surface area is 151 Å². The van der Waals surface area contributed by atoms with Gasteiger partial charge in [0, 0.05) is 24.9 Å². The average molecular weight is 349 g/mol. The van der Waals surface area contributed by atoms with E-state index in [0.29, 0.717) is 19.4 Å². The Morgan fingerprint density at radius 3 is 2.69 bits per heavy atom. The molecule has 0 saturated heterocycles. The largest absolute Gasteiger partial charge is 0.461 e. The summed E-state index contributed by atoms with van der Waals surface area (Å²) in [5.41, 5.74) is 2.01. The molecule has 0 atom stereocenters. The number of carbonyl (C=O) groups excluding carboxylic acids is 1. The molecule has 4 rings (SSSR count). The van der Waals surface area contributed by atoms with Crippen LogP contribution in [-0.4, -0.2) is 12.7 Å². The van der Waals surface area contributed by atoms with Crippen LogP contribution in [0.4, 0.5) is 0 Å². The summed E-state index contributed by atoms with van der Waals surface area (Å²) in [6.45, 7) is 0.710. The topological polar surface area (TPSA) is 60.7 Å². The minimum absolute atomic E-state index is 0.0136. The van der Waals surface area contributed by atoms with Gasteiger partial charge in [0.05, 0.1) is 0 Å². The second-order valence-corrected chi connectivity index (χ2v) is 6.10. The van der Waals surface area contributed by atoms with Crippen LogP contribution in [0.25, 0.3) is 11.3 Å². The number of nitrogens with one attached hydrogen (secondary N) is 1. The monoisotopic (exact) mass is 349 g/mol. The van der Waals surface area contributed by atoms with Crippen LogP contribution in [0.2, 0.25) is 0 Å². The zero-order valence-electron chi connectivity index (χ0n) is 14.2. The predicted molar refractivity (Wildman–Crippen MR) is 96.9 cm³/mol. The average Bonchev–Trinajstić information content (AvgIpc) is 3.34. The Bertz CT molecular complexity index is 901. The Morgan fingerprint density at radius 2 is 1.81 bits per heavy atom. The molecule has 0 fully saturated rings. The standard InChI is InChI=1S/C21H19NO4/c23-21(22-13-15-6-9-19-20(12-15)25-14-24-19)11-8-17-7-10-18(26-17)16-4-2-1-3-5-16/h1-7,9-10,12H,8,11,13-14H2,(H,22,23). The molecule has 5 heteroatoms. The van der Waals surface area contributed by atoms with Crippen LogP contribution in [-0.2, 0) is 17.8 Å². The Kier molecular flexibility index (Phi) is 4.60. The highest BCUT2D eigenvalue weighted by Crippen LogP contribution is 2.32. The van der Waals surface area contributed by atoms with Crippen LogP contribution in [0, 0.1) is 0 Å². The highest BCUT2D eigenvalue weighted by atomic mass is 16.7. The van der Waals surface area contributed by atoms with Gasteiger partial charge in [-0.3, -0.25) is 4.79 Å².